The fourth-order valence-corrected chi connectivity index (χ4v) is 5.09. The molecule has 0 aromatic heterocycles. The molecule has 0 saturated carbocycles. The molecule has 2 N–H and O–H groups in total. The molecule has 1 amide bonds. The number of anilines is 3. The van der Waals surface area contributed by atoms with Gasteiger partial charge in [0, 0.05) is 11.8 Å². The van der Waals surface area contributed by atoms with Crippen molar-refractivity contribution in [3.8, 4) is 11.5 Å². The fraction of sp³-hybridized carbons (Fsp3) is 0.174. The van der Waals surface area contributed by atoms with Gasteiger partial charge in [0.1, 0.15) is 23.9 Å². The van der Waals surface area contributed by atoms with Crippen LogP contribution in [0.5, 0.6) is 11.5 Å². The van der Waals surface area contributed by atoms with Crippen LogP contribution in [-0.4, -0.2) is 49.8 Å². The van der Waals surface area contributed by atoms with Crippen LogP contribution in [0.2, 0.25) is 0 Å². The molecule has 192 valence electrons. The third-order valence-electron chi connectivity index (χ3n) is 4.88. The first-order valence-electron chi connectivity index (χ1n) is 10.3. The van der Waals surface area contributed by atoms with Crippen molar-refractivity contribution in [3.63, 3.8) is 0 Å². The molecule has 0 fully saturated rings. The summed E-state index contributed by atoms with van der Waals surface area (Å²) in [7, 11) is -5.06. The highest BCUT2D eigenvalue weighted by atomic mass is 32.2. The molecule has 0 spiro atoms. The molecule has 3 aromatic carbocycles. The lowest BCUT2D eigenvalue weighted by Crippen LogP contribution is -2.37. The van der Waals surface area contributed by atoms with E-state index < -0.39 is 38.3 Å². The van der Waals surface area contributed by atoms with Crippen molar-refractivity contribution < 1.29 is 35.5 Å². The second-order valence-corrected chi connectivity index (χ2v) is 11.1. The number of methoxy groups -OCH3 is 2. The average molecular weight is 538 g/mol. The summed E-state index contributed by atoms with van der Waals surface area (Å²) in [4.78, 5) is 12.4. The molecule has 13 heteroatoms. The van der Waals surface area contributed by atoms with Crippen LogP contribution in [0.1, 0.15) is 0 Å². The van der Waals surface area contributed by atoms with Gasteiger partial charge in [0.15, 0.2) is 0 Å². The van der Waals surface area contributed by atoms with Crippen LogP contribution in [0, 0.1) is 5.82 Å². The number of carbonyl (C=O) groups excluding carboxylic acids is 1. The summed E-state index contributed by atoms with van der Waals surface area (Å²) >= 11 is 0. The van der Waals surface area contributed by atoms with Crippen molar-refractivity contribution in [1.29, 1.82) is 0 Å². The highest BCUT2D eigenvalue weighted by Crippen LogP contribution is 2.31. The minimum absolute atomic E-state index is 0.00636. The third kappa shape index (κ3) is 6.64. The maximum absolute atomic E-state index is 13.6. The number of nitrogens with one attached hydrogen (secondary N) is 2. The maximum Gasteiger partial charge on any atom is 0.262 e. The number of carbonyl (C=O) groups is 1. The van der Waals surface area contributed by atoms with Crippen molar-refractivity contribution in [2.75, 3.05) is 41.4 Å². The molecule has 36 heavy (non-hydrogen) atoms. The van der Waals surface area contributed by atoms with Gasteiger partial charge in [-0.1, -0.05) is 6.07 Å². The van der Waals surface area contributed by atoms with E-state index in [1.165, 1.54) is 56.7 Å². The first-order valence-corrected chi connectivity index (χ1v) is 13.6. The van der Waals surface area contributed by atoms with E-state index in [-0.39, 0.29) is 27.7 Å². The second kappa shape index (κ2) is 10.8. The number of hydrogen-bond acceptors (Lipinski definition) is 7. The van der Waals surface area contributed by atoms with E-state index in [9.17, 15) is 26.0 Å². The number of halogens is 1. The molecular formula is C23H24FN3O7S2. The Morgan fingerprint density at radius 3 is 2.22 bits per heavy atom. The Morgan fingerprint density at radius 1 is 0.944 bits per heavy atom. The number of sulfonamides is 2. The number of hydrogen-bond donors (Lipinski definition) is 2. The van der Waals surface area contributed by atoms with Crippen molar-refractivity contribution >= 4 is 43.0 Å². The normalized spacial score (nSPS) is 11.4. The van der Waals surface area contributed by atoms with E-state index >= 15 is 0 Å². The van der Waals surface area contributed by atoms with Crippen LogP contribution in [0.15, 0.2) is 71.6 Å². The molecule has 3 rings (SSSR count). The third-order valence-corrected chi connectivity index (χ3v) is 7.41. The van der Waals surface area contributed by atoms with Gasteiger partial charge in [-0.3, -0.25) is 13.8 Å². The lowest BCUT2D eigenvalue weighted by atomic mass is 10.3. The zero-order valence-corrected chi connectivity index (χ0v) is 21.2. The highest BCUT2D eigenvalue weighted by Gasteiger charge is 2.22. The quantitative estimate of drug-likeness (QED) is 0.406. The number of rotatable bonds is 10. The lowest BCUT2D eigenvalue weighted by Gasteiger charge is -2.22. The number of nitrogens with zero attached hydrogens (tertiary/aromatic N) is 1. The van der Waals surface area contributed by atoms with Gasteiger partial charge in [-0.05, 0) is 54.6 Å². The van der Waals surface area contributed by atoms with Gasteiger partial charge >= 0.3 is 0 Å². The summed E-state index contributed by atoms with van der Waals surface area (Å²) in [6, 6.07) is 14.7. The molecule has 0 radical (unpaired) electrons. The number of amides is 1. The van der Waals surface area contributed by atoms with Gasteiger partial charge in [-0.15, -0.1) is 0 Å². The van der Waals surface area contributed by atoms with Gasteiger partial charge in [0.05, 0.1) is 36.7 Å². The van der Waals surface area contributed by atoms with Crippen molar-refractivity contribution in [2.24, 2.45) is 0 Å². The zero-order chi connectivity index (χ0) is 26.5. The average Bonchev–Trinajstić information content (AvgIpc) is 2.82. The summed E-state index contributed by atoms with van der Waals surface area (Å²) < 4.78 is 77.1. The van der Waals surface area contributed by atoms with Crippen LogP contribution in [0.25, 0.3) is 0 Å². The van der Waals surface area contributed by atoms with E-state index in [0.29, 0.717) is 5.75 Å². The Labute approximate surface area is 208 Å². The summed E-state index contributed by atoms with van der Waals surface area (Å²) in [5, 5.41) is 2.50. The minimum atomic E-state index is -4.02. The van der Waals surface area contributed by atoms with Crippen LogP contribution in [0.3, 0.4) is 0 Å². The number of ether oxygens (including phenoxy) is 2. The Kier molecular flexibility index (Phi) is 8.05. The standard InChI is InChI=1S/C23H24FN3O7S2/c1-33-19-9-12-22(34-2)21(14-19)26-36(31,32)20-10-7-17(8-11-20)25-23(28)15-27(35(3,29)30)18-6-4-5-16(24)13-18/h4-14,26H,15H2,1-3H3,(H,25,28). The summed E-state index contributed by atoms with van der Waals surface area (Å²) in [6.07, 6.45) is 0.898. The van der Waals surface area contributed by atoms with Crippen molar-refractivity contribution in [1.82, 2.24) is 0 Å². The Balaban J connectivity index is 1.74. The monoisotopic (exact) mass is 537 g/mol. The highest BCUT2D eigenvalue weighted by molar-refractivity contribution is 7.92. The van der Waals surface area contributed by atoms with Crippen molar-refractivity contribution in [3.05, 3.63) is 72.5 Å². The van der Waals surface area contributed by atoms with Gasteiger partial charge < -0.3 is 14.8 Å². The molecule has 0 bridgehead atoms. The molecule has 0 saturated heterocycles. The predicted molar refractivity (Wildman–Crippen MR) is 134 cm³/mol. The molecular weight excluding hydrogens is 513 g/mol. The van der Waals surface area contributed by atoms with Gasteiger partial charge in [-0.2, -0.15) is 0 Å². The largest absolute Gasteiger partial charge is 0.497 e. The van der Waals surface area contributed by atoms with Crippen LogP contribution < -0.4 is 23.8 Å². The SMILES string of the molecule is COc1ccc(OC)c(NS(=O)(=O)c2ccc(NC(=O)CN(c3cccc(F)c3)S(C)(=O)=O)cc2)c1. The predicted octanol–water partition coefficient (Wildman–Crippen LogP) is 3.05. The lowest BCUT2D eigenvalue weighted by molar-refractivity contribution is -0.114. The summed E-state index contributed by atoms with van der Waals surface area (Å²) in [5.74, 6) is -0.650. The molecule has 0 heterocycles. The molecule has 3 aromatic rings. The molecule has 0 aliphatic heterocycles. The summed E-state index contributed by atoms with van der Waals surface area (Å²) in [5.41, 5.74) is 0.395. The van der Waals surface area contributed by atoms with E-state index in [0.717, 1.165) is 22.7 Å². The number of benzene rings is 3. The molecule has 0 atom stereocenters. The molecule has 0 unspecified atom stereocenters. The first-order chi connectivity index (χ1) is 16.9. The van der Waals surface area contributed by atoms with Crippen molar-refractivity contribution in [2.45, 2.75) is 4.90 Å². The smallest absolute Gasteiger partial charge is 0.262 e. The van der Waals surface area contributed by atoms with Crippen LogP contribution in [-0.2, 0) is 24.8 Å². The Morgan fingerprint density at radius 2 is 1.64 bits per heavy atom. The van der Waals surface area contributed by atoms with E-state index in [4.69, 9.17) is 9.47 Å². The zero-order valence-electron chi connectivity index (χ0n) is 19.6. The van der Waals surface area contributed by atoms with E-state index in [1.54, 1.807) is 12.1 Å². The van der Waals surface area contributed by atoms with Gasteiger partial charge in [-0.25, -0.2) is 21.2 Å². The van der Waals surface area contributed by atoms with E-state index in [1.807, 2.05) is 0 Å². The van der Waals surface area contributed by atoms with Crippen LogP contribution in [0.4, 0.5) is 21.5 Å². The summed E-state index contributed by atoms with van der Waals surface area (Å²) in [6.45, 7) is -0.612. The van der Waals surface area contributed by atoms with Gasteiger partial charge in [0.2, 0.25) is 15.9 Å². The maximum atomic E-state index is 13.6. The minimum Gasteiger partial charge on any atom is -0.497 e. The van der Waals surface area contributed by atoms with Gasteiger partial charge in [0.25, 0.3) is 10.0 Å². The molecule has 0 aliphatic carbocycles. The first kappa shape index (κ1) is 26.8. The molecule has 0 aliphatic rings. The second-order valence-electron chi connectivity index (χ2n) is 7.49. The van der Waals surface area contributed by atoms with Crippen LogP contribution >= 0.6 is 0 Å². The molecule has 10 nitrogen and oxygen atoms in total. The Hall–Kier alpha value is -3.84. The van der Waals surface area contributed by atoms with E-state index in [2.05, 4.69) is 10.0 Å². The topological polar surface area (TPSA) is 131 Å². The Bertz CT molecular complexity index is 1460. The fourth-order valence-electron chi connectivity index (χ4n) is 3.18.